The van der Waals surface area contributed by atoms with E-state index in [0.29, 0.717) is 34.6 Å². The van der Waals surface area contributed by atoms with Crippen molar-refractivity contribution >= 4 is 45.2 Å². The molecule has 7 nitrogen and oxygen atoms in total. The fraction of sp³-hybridized carbons (Fsp3) is 0.579. The molecule has 0 saturated carbocycles. The third-order valence-electron chi connectivity index (χ3n) is 6.96. The molecule has 4 aliphatic rings. The predicted molar refractivity (Wildman–Crippen MR) is 104 cm³/mol. The lowest BCUT2D eigenvalue weighted by atomic mass is 9.63. The van der Waals surface area contributed by atoms with Crippen LogP contribution in [-0.4, -0.2) is 59.1 Å². The summed E-state index contributed by atoms with van der Waals surface area (Å²) in [5.41, 5.74) is -0.701. The molecule has 4 aliphatic heterocycles. The van der Waals surface area contributed by atoms with E-state index in [-0.39, 0.29) is 23.8 Å². The second kappa shape index (κ2) is 5.84. The topological polar surface area (TPSA) is 79.3 Å². The van der Waals surface area contributed by atoms with Crippen molar-refractivity contribution in [2.24, 2.45) is 11.8 Å². The van der Waals surface area contributed by atoms with Gasteiger partial charge in [-0.2, -0.15) is 0 Å². The summed E-state index contributed by atoms with van der Waals surface area (Å²) in [6.07, 6.45) is -0.380. The zero-order chi connectivity index (χ0) is 20.0. The fourth-order valence-electron chi connectivity index (χ4n) is 5.91. The van der Waals surface area contributed by atoms with Gasteiger partial charge in [0.15, 0.2) is 0 Å². The molecule has 9 heteroatoms. The van der Waals surface area contributed by atoms with Crippen molar-refractivity contribution in [1.29, 1.82) is 0 Å². The molecular formula is C19H20BrClN2O5. The fourth-order valence-corrected chi connectivity index (χ4v) is 6.39. The van der Waals surface area contributed by atoms with Crippen LogP contribution in [0.4, 0.5) is 10.5 Å². The molecule has 150 valence electrons. The number of likely N-dealkylation sites (N-methyl/N-ethyl adjacent to an activating group) is 1. The first-order chi connectivity index (χ1) is 13.2. The van der Waals surface area contributed by atoms with Gasteiger partial charge in [-0.25, -0.2) is 4.79 Å². The maximum atomic E-state index is 13.5. The minimum atomic E-state index is -0.985. The van der Waals surface area contributed by atoms with E-state index in [9.17, 15) is 14.7 Å². The van der Waals surface area contributed by atoms with E-state index in [1.807, 2.05) is 19.1 Å². The number of rotatable bonds is 2. The maximum absolute atomic E-state index is 13.5. The van der Waals surface area contributed by atoms with E-state index in [1.54, 1.807) is 18.0 Å². The molecule has 1 N–H and O–H groups in total. The second-order valence-electron chi connectivity index (χ2n) is 8.30. The number of hydrogen-bond acceptors (Lipinski definition) is 4. The number of fused-ring (bicyclic) bond motifs is 2. The molecular weight excluding hydrogens is 452 g/mol. The van der Waals surface area contributed by atoms with Gasteiger partial charge in [-0.15, -0.1) is 0 Å². The largest absolute Gasteiger partial charge is 0.465 e. The first kappa shape index (κ1) is 18.7. The molecule has 28 heavy (non-hydrogen) atoms. The number of hydrogen-bond donors (Lipinski definition) is 1. The van der Waals surface area contributed by atoms with Gasteiger partial charge in [-0.1, -0.05) is 11.6 Å². The van der Waals surface area contributed by atoms with Gasteiger partial charge in [0.25, 0.3) is 0 Å². The van der Waals surface area contributed by atoms with E-state index in [0.717, 1.165) is 0 Å². The maximum Gasteiger partial charge on any atom is 0.407 e. The number of nitrogens with zero attached hydrogens (tertiary/aromatic N) is 2. The summed E-state index contributed by atoms with van der Waals surface area (Å²) in [7, 11) is 1.58. The number of amides is 2. The highest BCUT2D eigenvalue weighted by Gasteiger charge is 2.79. The molecule has 0 aromatic heterocycles. The van der Waals surface area contributed by atoms with Gasteiger partial charge in [-0.05, 0) is 41.1 Å². The summed E-state index contributed by atoms with van der Waals surface area (Å²) >= 11 is 9.55. The molecule has 5 rings (SSSR count). The Bertz CT molecular complexity index is 899. The molecule has 4 saturated heterocycles. The molecule has 1 aromatic rings. The van der Waals surface area contributed by atoms with Gasteiger partial charge in [0.1, 0.15) is 6.23 Å². The molecule has 1 aromatic carbocycles. The van der Waals surface area contributed by atoms with Crippen molar-refractivity contribution in [3.63, 3.8) is 0 Å². The monoisotopic (exact) mass is 470 g/mol. The van der Waals surface area contributed by atoms with Crippen LogP contribution in [-0.2, 0) is 14.3 Å². The lowest BCUT2D eigenvalue weighted by molar-refractivity contribution is -0.150. The molecule has 4 heterocycles. The summed E-state index contributed by atoms with van der Waals surface area (Å²) in [4.78, 5) is 28.2. The van der Waals surface area contributed by atoms with Crippen LogP contribution in [0.5, 0.6) is 0 Å². The Morgan fingerprint density at radius 1 is 1.46 bits per heavy atom. The van der Waals surface area contributed by atoms with Crippen LogP contribution in [0.2, 0.25) is 5.02 Å². The predicted octanol–water partition coefficient (Wildman–Crippen LogP) is 3.34. The second-order valence-corrected chi connectivity index (χ2v) is 9.57. The van der Waals surface area contributed by atoms with Crippen LogP contribution >= 0.6 is 27.5 Å². The van der Waals surface area contributed by atoms with Crippen molar-refractivity contribution in [2.75, 3.05) is 18.6 Å². The molecule has 6 atom stereocenters. The van der Waals surface area contributed by atoms with E-state index in [4.69, 9.17) is 21.1 Å². The van der Waals surface area contributed by atoms with Crippen LogP contribution in [0.3, 0.4) is 0 Å². The Hall–Kier alpha value is -1.35. The van der Waals surface area contributed by atoms with Crippen LogP contribution in [0, 0.1) is 11.8 Å². The van der Waals surface area contributed by atoms with Gasteiger partial charge in [0.2, 0.25) is 5.91 Å². The summed E-state index contributed by atoms with van der Waals surface area (Å²) in [6.45, 7) is 2.34. The number of halogens is 2. The first-order valence-electron chi connectivity index (χ1n) is 9.25. The van der Waals surface area contributed by atoms with E-state index >= 15 is 0 Å². The van der Waals surface area contributed by atoms with Crippen molar-refractivity contribution in [2.45, 2.75) is 43.2 Å². The first-order valence-corrected chi connectivity index (χ1v) is 10.4. The molecule has 0 radical (unpaired) electrons. The molecule has 0 aliphatic carbocycles. The highest BCUT2D eigenvalue weighted by Crippen LogP contribution is 2.66. The lowest BCUT2D eigenvalue weighted by Crippen LogP contribution is -2.61. The normalized spacial score (nSPS) is 40.7. The van der Waals surface area contributed by atoms with Crippen molar-refractivity contribution in [1.82, 2.24) is 4.90 Å². The highest BCUT2D eigenvalue weighted by atomic mass is 79.9. The zero-order valence-corrected chi connectivity index (χ0v) is 17.7. The van der Waals surface area contributed by atoms with Crippen LogP contribution in [0.1, 0.15) is 19.8 Å². The van der Waals surface area contributed by atoms with E-state index in [2.05, 4.69) is 15.9 Å². The molecule has 0 unspecified atom stereocenters. The van der Waals surface area contributed by atoms with Crippen molar-refractivity contribution < 1.29 is 24.2 Å². The van der Waals surface area contributed by atoms with Crippen LogP contribution in [0.15, 0.2) is 22.7 Å². The van der Waals surface area contributed by atoms with Crippen molar-refractivity contribution in [3.05, 3.63) is 27.7 Å². The van der Waals surface area contributed by atoms with Gasteiger partial charge in [0, 0.05) is 30.0 Å². The Kier molecular flexibility index (Phi) is 3.89. The molecule has 2 amide bonds. The third kappa shape index (κ3) is 2.17. The quantitative estimate of drug-likeness (QED) is 0.716. The van der Waals surface area contributed by atoms with Gasteiger partial charge in [-0.3, -0.25) is 9.69 Å². The van der Waals surface area contributed by atoms with Crippen LogP contribution in [0.25, 0.3) is 0 Å². The minimum Gasteiger partial charge on any atom is -0.465 e. The number of carboxylic acid groups (broad SMARTS) is 1. The van der Waals surface area contributed by atoms with E-state index < -0.39 is 23.5 Å². The third-order valence-corrected chi connectivity index (χ3v) is 8.18. The zero-order valence-electron chi connectivity index (χ0n) is 15.4. The van der Waals surface area contributed by atoms with Gasteiger partial charge < -0.3 is 19.5 Å². The molecule has 1 spiro atoms. The summed E-state index contributed by atoms with van der Waals surface area (Å²) in [6, 6.07) is 5.07. The summed E-state index contributed by atoms with van der Waals surface area (Å²) in [5, 5.41) is 10.1. The van der Waals surface area contributed by atoms with Crippen molar-refractivity contribution in [3.8, 4) is 0 Å². The SMILES string of the molecule is CN(C(=O)O)[C@H]1C[C@@]2(C)O[C@@]13CCO[C@H]1[C@@H]3[C@@H]2C(=O)N1c1ccc(Cl)c(Br)c1. The molecule has 2 bridgehead atoms. The number of anilines is 1. The minimum absolute atomic E-state index is 0.0353. The lowest BCUT2D eigenvalue weighted by Gasteiger charge is -2.47. The number of ether oxygens (including phenoxy) is 2. The standard InChI is InChI=1S/C19H20BrClN2O5/c1-18-8-12(22(2)17(25)26)19(28-18)5-6-27-16-14(19)13(18)15(24)23(16)9-3-4-11(21)10(20)7-9/h3-4,7,12-14,16H,5-6,8H2,1-2H3,(H,25,26)/t12-,13+,14-,16-,18+,19-/m0/s1. The Morgan fingerprint density at radius 2 is 2.21 bits per heavy atom. The number of carbonyl (C=O) groups is 2. The Balaban J connectivity index is 1.60. The Labute approximate surface area is 175 Å². The van der Waals surface area contributed by atoms with Crippen LogP contribution < -0.4 is 4.90 Å². The summed E-state index contributed by atoms with van der Waals surface area (Å²) in [5.74, 6) is -0.605. The highest BCUT2D eigenvalue weighted by molar-refractivity contribution is 9.10. The smallest absolute Gasteiger partial charge is 0.407 e. The van der Waals surface area contributed by atoms with Gasteiger partial charge in [0.05, 0.1) is 40.7 Å². The Morgan fingerprint density at radius 3 is 2.89 bits per heavy atom. The van der Waals surface area contributed by atoms with Gasteiger partial charge >= 0.3 is 6.09 Å². The van der Waals surface area contributed by atoms with E-state index in [1.165, 1.54) is 4.90 Å². The number of benzene rings is 1. The number of carbonyl (C=O) groups excluding carboxylic acids is 1. The average molecular weight is 472 g/mol. The average Bonchev–Trinajstić information content (AvgIpc) is 3.21. The summed E-state index contributed by atoms with van der Waals surface area (Å²) < 4.78 is 13.3. The molecule has 4 fully saturated rings.